The molecular weight excluding hydrogens is 746 g/mol. The minimum absolute atomic E-state index is 0.0312. The molecule has 1 amide bonds. The first-order valence-corrected chi connectivity index (χ1v) is 22.4. The van der Waals surface area contributed by atoms with Crippen LogP contribution in [-0.4, -0.2) is 108 Å². The van der Waals surface area contributed by atoms with Gasteiger partial charge in [-0.05, 0) is 69.9 Å². The highest BCUT2D eigenvalue weighted by molar-refractivity contribution is 5.83. The molecule has 4 rings (SSSR count). The van der Waals surface area contributed by atoms with Crippen molar-refractivity contribution in [1.82, 2.24) is 5.32 Å². The summed E-state index contributed by atoms with van der Waals surface area (Å²) >= 11 is 0. The number of ether oxygens (including phenoxy) is 6. The van der Waals surface area contributed by atoms with E-state index in [0.717, 1.165) is 38.5 Å². The lowest BCUT2D eigenvalue weighted by Crippen LogP contribution is -2.62. The third-order valence-corrected chi connectivity index (χ3v) is 12.2. The van der Waals surface area contributed by atoms with Crippen LogP contribution < -0.4 is 5.32 Å². The molecule has 0 aliphatic carbocycles. The Labute approximate surface area is 346 Å². The van der Waals surface area contributed by atoms with Crippen LogP contribution in [0.25, 0.3) is 0 Å². The number of rotatable bonds is 15. The van der Waals surface area contributed by atoms with Crippen molar-refractivity contribution in [2.24, 2.45) is 5.41 Å². The third-order valence-electron chi connectivity index (χ3n) is 12.2. The molecule has 3 fully saturated rings. The number of carbonyl (C=O) groups excluding carboxylic acids is 3. The molecule has 5 unspecified atom stereocenters. The number of methoxy groups -OCH3 is 1. The number of amides is 1. The van der Waals surface area contributed by atoms with E-state index in [2.05, 4.69) is 12.2 Å². The predicted molar refractivity (Wildman–Crippen MR) is 218 cm³/mol. The number of unbranched alkanes of at least 4 members (excludes halogenated alkanes) is 10. The highest BCUT2D eigenvalue weighted by atomic mass is 16.7. The van der Waals surface area contributed by atoms with Gasteiger partial charge in [0.1, 0.15) is 0 Å². The van der Waals surface area contributed by atoms with E-state index >= 15 is 0 Å². The number of hydrogen-bond acceptors (Lipinski definition) is 12. The van der Waals surface area contributed by atoms with Crippen molar-refractivity contribution >= 4 is 17.8 Å². The Morgan fingerprint density at radius 2 is 1.55 bits per heavy atom. The van der Waals surface area contributed by atoms with Crippen LogP contribution >= 0.6 is 0 Å². The summed E-state index contributed by atoms with van der Waals surface area (Å²) in [6, 6.07) is -0.839. The van der Waals surface area contributed by atoms with Gasteiger partial charge in [0, 0.05) is 24.3 Å². The van der Waals surface area contributed by atoms with E-state index in [-0.39, 0.29) is 49.6 Å². The van der Waals surface area contributed by atoms with E-state index in [1.165, 1.54) is 58.1 Å². The molecule has 3 saturated heterocycles. The van der Waals surface area contributed by atoms with Gasteiger partial charge < -0.3 is 49.1 Å². The van der Waals surface area contributed by atoms with Crippen molar-refractivity contribution in [2.75, 3.05) is 13.7 Å². The van der Waals surface area contributed by atoms with Crippen LogP contribution in [0.15, 0.2) is 23.8 Å². The molecular formula is C45H75NO12. The average molecular weight is 822 g/mol. The van der Waals surface area contributed by atoms with Crippen molar-refractivity contribution in [2.45, 2.75) is 223 Å². The zero-order valence-electron chi connectivity index (χ0n) is 36.0. The Hall–Kier alpha value is -2.39. The van der Waals surface area contributed by atoms with Gasteiger partial charge in [-0.25, -0.2) is 4.79 Å². The normalized spacial score (nSPS) is 34.0. The first kappa shape index (κ1) is 48.3. The summed E-state index contributed by atoms with van der Waals surface area (Å²) in [7, 11) is 1.24. The molecule has 4 heterocycles. The number of aliphatic hydroxyl groups is 3. The fourth-order valence-corrected chi connectivity index (χ4v) is 8.70. The summed E-state index contributed by atoms with van der Waals surface area (Å²) in [6.45, 7) is 7.70. The SMILES string of the molecule is CCCCCCCCCCCCCC(=O)O[C@H]1/C(=C/C(=O)OC)C[C@H]2CC([C@@H](C)O)NC(=O)C[C@H](O)CC3CCCC(CC4CCOC(/C=C\C(C)(C)[C@]1(O)O2)O4)O3. The molecule has 0 radical (unpaired) electrons. The number of nitrogens with one attached hydrogen (secondary N) is 1. The number of fused-ring (bicyclic) bond motifs is 6. The lowest BCUT2D eigenvalue weighted by molar-refractivity contribution is -0.326. The lowest BCUT2D eigenvalue weighted by atomic mass is 9.74. The molecule has 0 aromatic heterocycles. The van der Waals surface area contributed by atoms with Gasteiger partial charge in [-0.2, -0.15) is 0 Å². The molecule has 4 aliphatic heterocycles. The third kappa shape index (κ3) is 15.3. The fourth-order valence-electron chi connectivity index (χ4n) is 8.70. The van der Waals surface area contributed by atoms with Gasteiger partial charge >= 0.3 is 11.9 Å². The Balaban J connectivity index is 1.57. The Morgan fingerprint density at radius 3 is 2.21 bits per heavy atom. The van der Waals surface area contributed by atoms with Gasteiger partial charge in [0.2, 0.25) is 11.7 Å². The van der Waals surface area contributed by atoms with Crippen molar-refractivity contribution < 1.29 is 58.1 Å². The maximum absolute atomic E-state index is 13.6. The van der Waals surface area contributed by atoms with Gasteiger partial charge in [-0.15, -0.1) is 0 Å². The number of aliphatic hydroxyl groups excluding tert-OH is 2. The molecule has 13 heteroatoms. The minimum Gasteiger partial charge on any atom is -0.466 e. The fraction of sp³-hybridized carbons (Fsp3) is 0.844. The summed E-state index contributed by atoms with van der Waals surface area (Å²) in [6.07, 6.45) is 16.0. The van der Waals surface area contributed by atoms with Crippen LogP contribution in [0.5, 0.6) is 0 Å². The van der Waals surface area contributed by atoms with Crippen molar-refractivity contribution in [3.8, 4) is 0 Å². The first-order valence-electron chi connectivity index (χ1n) is 22.4. The molecule has 332 valence electrons. The van der Waals surface area contributed by atoms with Crippen LogP contribution in [0, 0.1) is 5.41 Å². The molecule has 0 aromatic carbocycles. The smallest absolute Gasteiger partial charge is 0.330 e. The van der Waals surface area contributed by atoms with Gasteiger partial charge in [0.05, 0.1) is 62.8 Å². The van der Waals surface area contributed by atoms with E-state index in [1.807, 2.05) is 0 Å². The van der Waals surface area contributed by atoms with Crippen molar-refractivity contribution in [1.29, 1.82) is 0 Å². The quantitative estimate of drug-likeness (QED) is 0.0601. The number of carbonyl (C=O) groups is 3. The zero-order chi connectivity index (χ0) is 42.1. The van der Waals surface area contributed by atoms with Crippen molar-refractivity contribution in [3.63, 3.8) is 0 Å². The van der Waals surface area contributed by atoms with Gasteiger partial charge in [-0.3, -0.25) is 9.59 Å². The second-order valence-electron chi connectivity index (χ2n) is 17.7. The molecule has 58 heavy (non-hydrogen) atoms. The molecule has 0 spiro atoms. The van der Waals surface area contributed by atoms with E-state index < -0.39 is 65.8 Å². The molecule has 0 saturated carbocycles. The molecule has 6 bridgehead atoms. The monoisotopic (exact) mass is 822 g/mol. The second-order valence-corrected chi connectivity index (χ2v) is 17.7. The topological polar surface area (TPSA) is 179 Å². The number of esters is 2. The Bertz CT molecular complexity index is 1330. The van der Waals surface area contributed by atoms with Crippen LogP contribution in [0.3, 0.4) is 0 Å². The molecule has 10 atom stereocenters. The summed E-state index contributed by atoms with van der Waals surface area (Å²) in [4.78, 5) is 39.7. The van der Waals surface area contributed by atoms with E-state index in [0.29, 0.717) is 32.3 Å². The lowest BCUT2D eigenvalue weighted by Gasteiger charge is -2.51. The number of hydrogen-bond donors (Lipinski definition) is 4. The van der Waals surface area contributed by atoms with E-state index in [4.69, 9.17) is 28.4 Å². The maximum atomic E-state index is 13.6. The molecule has 4 aliphatic rings. The minimum atomic E-state index is -2.23. The molecule has 0 aromatic rings. The van der Waals surface area contributed by atoms with Crippen LogP contribution in [0.4, 0.5) is 0 Å². The zero-order valence-corrected chi connectivity index (χ0v) is 36.0. The predicted octanol–water partition coefficient (Wildman–Crippen LogP) is 6.63. The largest absolute Gasteiger partial charge is 0.466 e. The average Bonchev–Trinajstić information content (AvgIpc) is 3.17. The molecule has 4 N–H and O–H groups in total. The second kappa shape index (κ2) is 24.2. The highest BCUT2D eigenvalue weighted by Crippen LogP contribution is 2.47. The van der Waals surface area contributed by atoms with Gasteiger partial charge in [0.15, 0.2) is 12.4 Å². The standard InChI is InChI=1S/C45H75NO12/c1-6-7-8-9-10-11-12-13-14-15-16-20-40(50)57-43-32(26-41(51)53-5)25-37-30-38(31(2)47)46-39(49)28-33(48)27-34-18-17-19-35(55-34)29-36-22-24-54-42(56-36)21-23-44(3,4)45(43,52)58-37/h21,23,26,31,33-38,42-43,47-48,52H,6-20,22,24-25,27-30H2,1-5H3,(H,46,49)/b23-21-,32-26+/t31-,33-,34?,35?,36?,37+,38?,42?,43+,45-/m1/s1. The summed E-state index contributed by atoms with van der Waals surface area (Å²) in [5, 5.41) is 37.5. The summed E-state index contributed by atoms with van der Waals surface area (Å²) in [5.41, 5.74) is -1.000. The Kier molecular flexibility index (Phi) is 20.1. The highest BCUT2D eigenvalue weighted by Gasteiger charge is 2.57. The van der Waals surface area contributed by atoms with Crippen LogP contribution in [0.1, 0.15) is 163 Å². The van der Waals surface area contributed by atoms with Gasteiger partial charge in [-0.1, -0.05) is 91.1 Å². The van der Waals surface area contributed by atoms with Crippen LogP contribution in [-0.2, 0) is 42.8 Å². The summed E-state index contributed by atoms with van der Waals surface area (Å²) < 4.78 is 36.4. The van der Waals surface area contributed by atoms with E-state index in [9.17, 15) is 29.7 Å². The molecule has 13 nitrogen and oxygen atoms in total. The van der Waals surface area contributed by atoms with E-state index in [1.54, 1.807) is 32.9 Å². The van der Waals surface area contributed by atoms with Gasteiger partial charge in [0.25, 0.3) is 0 Å². The Morgan fingerprint density at radius 1 is 0.914 bits per heavy atom. The maximum Gasteiger partial charge on any atom is 0.330 e. The summed E-state index contributed by atoms with van der Waals surface area (Å²) in [5.74, 6) is -3.91. The van der Waals surface area contributed by atoms with Crippen LogP contribution in [0.2, 0.25) is 0 Å². The first-order chi connectivity index (χ1) is 27.7. The van der Waals surface area contributed by atoms with Crippen molar-refractivity contribution in [3.05, 3.63) is 23.8 Å².